The highest BCUT2D eigenvalue weighted by atomic mass is 35.5. The average Bonchev–Trinajstić information content (AvgIpc) is 3.02. The van der Waals surface area contributed by atoms with Gasteiger partial charge in [0.2, 0.25) is 11.8 Å². The van der Waals surface area contributed by atoms with Crippen LogP contribution in [0.4, 0.5) is 5.69 Å². The molecule has 0 radical (unpaired) electrons. The molecule has 0 spiro atoms. The number of nitrogens with zero attached hydrogens (tertiary/aromatic N) is 2. The molecular formula is C35H38ClN3O4S. The maximum Gasteiger partial charge on any atom is 0.264 e. The van der Waals surface area contributed by atoms with Gasteiger partial charge < -0.3 is 10.2 Å². The molecular weight excluding hydrogens is 594 g/mol. The third-order valence-electron chi connectivity index (χ3n) is 7.43. The highest BCUT2D eigenvalue weighted by Gasteiger charge is 2.35. The number of halogens is 1. The molecule has 0 aliphatic heterocycles. The normalized spacial score (nSPS) is 12.6. The lowest BCUT2D eigenvalue weighted by molar-refractivity contribution is -0.140. The van der Waals surface area contributed by atoms with Crippen molar-refractivity contribution in [1.82, 2.24) is 10.2 Å². The van der Waals surface area contributed by atoms with Crippen molar-refractivity contribution in [3.8, 4) is 0 Å². The molecule has 2 amide bonds. The topological polar surface area (TPSA) is 86.8 Å². The number of hydrogen-bond acceptors (Lipinski definition) is 4. The minimum atomic E-state index is -4.18. The van der Waals surface area contributed by atoms with E-state index in [-0.39, 0.29) is 29.8 Å². The summed E-state index contributed by atoms with van der Waals surface area (Å²) in [6.45, 7) is 5.47. The predicted molar refractivity (Wildman–Crippen MR) is 176 cm³/mol. The minimum absolute atomic E-state index is 0.000800. The zero-order valence-electron chi connectivity index (χ0n) is 25.2. The van der Waals surface area contributed by atoms with Gasteiger partial charge in [-0.15, -0.1) is 0 Å². The molecule has 1 N–H and O–H groups in total. The second kappa shape index (κ2) is 15.0. The first kappa shape index (κ1) is 32.8. The van der Waals surface area contributed by atoms with Gasteiger partial charge in [-0.1, -0.05) is 96.9 Å². The molecule has 0 aromatic heterocycles. The SMILES string of the molecule is CC[C@@H](C)NC(=O)[C@H](Cc1ccccc1)N(Cc1cccc(C)c1)C(=O)CN(c1ccccc1)S(=O)(=O)c1ccc(Cl)cc1. The van der Waals surface area contributed by atoms with Crippen molar-refractivity contribution >= 4 is 39.1 Å². The largest absolute Gasteiger partial charge is 0.352 e. The molecule has 2 atom stereocenters. The Hall–Kier alpha value is -4.14. The monoisotopic (exact) mass is 631 g/mol. The van der Waals surface area contributed by atoms with Crippen molar-refractivity contribution in [2.24, 2.45) is 0 Å². The Morgan fingerprint density at radius 3 is 2.07 bits per heavy atom. The number of nitrogens with one attached hydrogen (secondary N) is 1. The molecule has 0 saturated heterocycles. The number of aryl methyl sites for hydroxylation is 1. The van der Waals surface area contributed by atoms with Crippen molar-refractivity contribution < 1.29 is 18.0 Å². The predicted octanol–water partition coefficient (Wildman–Crippen LogP) is 6.40. The number of carbonyl (C=O) groups excluding carboxylic acids is 2. The molecule has 0 unspecified atom stereocenters. The Morgan fingerprint density at radius 2 is 1.45 bits per heavy atom. The second-order valence-electron chi connectivity index (χ2n) is 10.8. The summed E-state index contributed by atoms with van der Waals surface area (Å²) < 4.78 is 29.1. The van der Waals surface area contributed by atoms with E-state index in [1.54, 1.807) is 30.3 Å². The number of hydrogen-bond donors (Lipinski definition) is 1. The van der Waals surface area contributed by atoms with E-state index in [0.717, 1.165) is 27.4 Å². The number of rotatable bonds is 13. The van der Waals surface area contributed by atoms with E-state index >= 15 is 0 Å². The summed E-state index contributed by atoms with van der Waals surface area (Å²) in [5.74, 6) is -0.802. The van der Waals surface area contributed by atoms with Crippen LogP contribution in [-0.2, 0) is 32.6 Å². The third kappa shape index (κ3) is 8.49. The molecule has 4 aromatic rings. The van der Waals surface area contributed by atoms with Gasteiger partial charge in [-0.05, 0) is 67.8 Å². The van der Waals surface area contributed by atoms with Crippen LogP contribution in [0.2, 0.25) is 5.02 Å². The molecule has 0 saturated carbocycles. The van der Waals surface area contributed by atoms with Gasteiger partial charge in [0.15, 0.2) is 0 Å². The Morgan fingerprint density at radius 1 is 0.841 bits per heavy atom. The minimum Gasteiger partial charge on any atom is -0.352 e. The molecule has 4 rings (SSSR count). The highest BCUT2D eigenvalue weighted by Crippen LogP contribution is 2.26. The Bertz CT molecular complexity index is 1650. The number of benzene rings is 4. The van der Waals surface area contributed by atoms with Crippen molar-refractivity contribution in [2.75, 3.05) is 10.8 Å². The van der Waals surface area contributed by atoms with Crippen molar-refractivity contribution in [2.45, 2.75) is 57.1 Å². The summed E-state index contributed by atoms with van der Waals surface area (Å²) in [6.07, 6.45) is 0.979. The fourth-order valence-corrected chi connectivity index (χ4v) is 6.40. The van der Waals surface area contributed by atoms with Crippen LogP contribution >= 0.6 is 11.6 Å². The Balaban J connectivity index is 1.79. The maximum absolute atomic E-state index is 14.5. The summed E-state index contributed by atoms with van der Waals surface area (Å²) in [5.41, 5.74) is 3.05. The number of anilines is 1. The lowest BCUT2D eigenvalue weighted by Gasteiger charge is -2.34. The average molecular weight is 632 g/mol. The van der Waals surface area contributed by atoms with E-state index in [1.807, 2.05) is 75.4 Å². The fourth-order valence-electron chi connectivity index (χ4n) is 4.86. The summed E-state index contributed by atoms with van der Waals surface area (Å²) >= 11 is 6.04. The first-order chi connectivity index (χ1) is 21.1. The van der Waals surface area contributed by atoms with Gasteiger partial charge in [-0.25, -0.2) is 8.42 Å². The molecule has 4 aromatic carbocycles. The molecule has 0 aliphatic carbocycles. The molecule has 44 heavy (non-hydrogen) atoms. The molecule has 9 heteroatoms. The van der Waals surface area contributed by atoms with E-state index in [4.69, 9.17) is 11.6 Å². The van der Waals surface area contributed by atoms with E-state index in [9.17, 15) is 18.0 Å². The van der Waals surface area contributed by atoms with Crippen molar-refractivity contribution in [3.05, 3.63) is 131 Å². The van der Waals surface area contributed by atoms with E-state index in [1.165, 1.54) is 29.2 Å². The smallest absolute Gasteiger partial charge is 0.264 e. The van der Waals surface area contributed by atoms with Gasteiger partial charge in [0.25, 0.3) is 10.0 Å². The number of para-hydroxylation sites is 1. The number of amides is 2. The van der Waals surface area contributed by atoms with E-state index in [2.05, 4.69) is 5.32 Å². The standard InChI is InChI=1S/C35H38ClN3O4S/c1-4-27(3)37-35(41)33(23-28-13-7-5-8-14-28)38(24-29-15-11-12-26(2)22-29)34(40)25-39(31-16-9-6-10-17-31)44(42,43)32-20-18-30(36)19-21-32/h5-22,27,33H,4,23-25H2,1-3H3,(H,37,41)/t27-,33+/m1/s1. The molecule has 230 valence electrons. The fraction of sp³-hybridized carbons (Fsp3) is 0.257. The lowest BCUT2D eigenvalue weighted by atomic mass is 10.0. The first-order valence-corrected chi connectivity index (χ1v) is 16.4. The molecule has 0 bridgehead atoms. The van der Waals surface area contributed by atoms with Gasteiger partial charge >= 0.3 is 0 Å². The van der Waals surface area contributed by atoms with Crippen LogP contribution in [0.15, 0.2) is 114 Å². The summed E-state index contributed by atoms with van der Waals surface area (Å²) in [6, 6.07) is 30.6. The van der Waals surface area contributed by atoms with E-state index in [0.29, 0.717) is 10.7 Å². The Kier molecular flexibility index (Phi) is 11.2. The molecule has 0 fully saturated rings. The van der Waals surface area contributed by atoms with Crippen LogP contribution in [0, 0.1) is 6.92 Å². The van der Waals surface area contributed by atoms with Crippen molar-refractivity contribution in [1.29, 1.82) is 0 Å². The number of sulfonamides is 1. The molecule has 0 aliphatic rings. The van der Waals surface area contributed by atoms with Crippen LogP contribution in [0.3, 0.4) is 0 Å². The third-order valence-corrected chi connectivity index (χ3v) is 9.47. The van der Waals surface area contributed by atoms with Crippen LogP contribution in [0.5, 0.6) is 0 Å². The number of carbonyl (C=O) groups is 2. The van der Waals surface area contributed by atoms with Gasteiger partial charge in [0.05, 0.1) is 10.6 Å². The zero-order chi connectivity index (χ0) is 31.7. The summed E-state index contributed by atoms with van der Waals surface area (Å²) in [5, 5.41) is 3.45. The van der Waals surface area contributed by atoms with Crippen LogP contribution in [0.25, 0.3) is 0 Å². The van der Waals surface area contributed by atoms with Gasteiger partial charge in [-0.3, -0.25) is 13.9 Å². The first-order valence-electron chi connectivity index (χ1n) is 14.6. The zero-order valence-corrected chi connectivity index (χ0v) is 26.8. The molecule has 0 heterocycles. The van der Waals surface area contributed by atoms with Crippen LogP contribution in [-0.4, -0.2) is 43.8 Å². The van der Waals surface area contributed by atoms with Gasteiger partial charge in [0, 0.05) is 24.0 Å². The van der Waals surface area contributed by atoms with Crippen LogP contribution < -0.4 is 9.62 Å². The highest BCUT2D eigenvalue weighted by molar-refractivity contribution is 7.92. The summed E-state index contributed by atoms with van der Waals surface area (Å²) in [4.78, 5) is 29.8. The maximum atomic E-state index is 14.5. The van der Waals surface area contributed by atoms with Crippen molar-refractivity contribution in [3.63, 3.8) is 0 Å². The Labute approximate surface area is 265 Å². The van der Waals surface area contributed by atoms with Gasteiger partial charge in [-0.2, -0.15) is 0 Å². The lowest BCUT2D eigenvalue weighted by Crippen LogP contribution is -2.54. The van der Waals surface area contributed by atoms with Gasteiger partial charge in [0.1, 0.15) is 12.6 Å². The summed E-state index contributed by atoms with van der Waals surface area (Å²) in [7, 11) is -4.18. The molecule has 7 nitrogen and oxygen atoms in total. The second-order valence-corrected chi connectivity index (χ2v) is 13.1. The van der Waals surface area contributed by atoms with E-state index < -0.39 is 28.5 Å². The quantitative estimate of drug-likeness (QED) is 0.185. The van der Waals surface area contributed by atoms with Crippen LogP contribution in [0.1, 0.15) is 37.0 Å².